The van der Waals surface area contributed by atoms with E-state index in [1.165, 1.54) is 30.9 Å². The third kappa shape index (κ3) is 3.82. The second-order valence-corrected chi connectivity index (χ2v) is 12.6. The van der Waals surface area contributed by atoms with Gasteiger partial charge in [0.15, 0.2) is 17.5 Å². The maximum atomic E-state index is 6.52. The number of hydrogen-bond acceptors (Lipinski definition) is 5. The van der Waals surface area contributed by atoms with Gasteiger partial charge in [-0.3, -0.25) is 0 Å². The molecule has 5 heteroatoms. The Morgan fingerprint density at radius 1 is 0.457 bits per heavy atom. The summed E-state index contributed by atoms with van der Waals surface area (Å²) in [6.07, 6.45) is 0. The standard InChI is InChI=1S/C41H23N3OS/c1-2-11-26(12-3-1)39-42-40(27-19-20-30-31-21-17-24-9-4-6-13-28(24)37(31)45-34(30)23-27)44-41(43-39)33-15-8-16-35-36(33)32-22-18-25-10-5-7-14-29(25)38(32)46-35/h1-23H. The molecular formula is C41H23N3OS. The number of benzene rings is 7. The molecule has 0 aliphatic carbocycles. The molecule has 0 bridgehead atoms. The summed E-state index contributed by atoms with van der Waals surface area (Å²) in [5, 5.41) is 9.33. The summed E-state index contributed by atoms with van der Waals surface area (Å²) in [5.41, 5.74) is 4.53. The Bertz CT molecular complexity index is 2820. The number of nitrogens with zero attached hydrogens (tertiary/aromatic N) is 3. The fourth-order valence-electron chi connectivity index (χ4n) is 6.73. The van der Waals surface area contributed by atoms with Gasteiger partial charge < -0.3 is 4.42 Å². The Labute approximate surface area is 267 Å². The van der Waals surface area contributed by atoms with E-state index in [9.17, 15) is 0 Å². The second kappa shape index (κ2) is 9.80. The van der Waals surface area contributed by atoms with Crippen molar-refractivity contribution in [1.29, 1.82) is 0 Å². The summed E-state index contributed by atoms with van der Waals surface area (Å²) in [6, 6.07) is 48.5. The molecule has 46 heavy (non-hydrogen) atoms. The number of rotatable bonds is 3. The van der Waals surface area contributed by atoms with E-state index < -0.39 is 0 Å². The zero-order valence-electron chi connectivity index (χ0n) is 24.4. The molecule has 0 aliphatic heterocycles. The average molecular weight is 606 g/mol. The summed E-state index contributed by atoms with van der Waals surface area (Å²) >= 11 is 1.82. The van der Waals surface area contributed by atoms with Crippen molar-refractivity contribution < 1.29 is 4.42 Å². The number of thiophene rings is 1. The first-order valence-electron chi connectivity index (χ1n) is 15.3. The topological polar surface area (TPSA) is 51.8 Å². The van der Waals surface area contributed by atoms with E-state index in [0.717, 1.165) is 49.4 Å². The highest BCUT2D eigenvalue weighted by molar-refractivity contribution is 7.26. The van der Waals surface area contributed by atoms with Gasteiger partial charge in [0.05, 0.1) is 0 Å². The Morgan fingerprint density at radius 2 is 1.13 bits per heavy atom. The Morgan fingerprint density at radius 3 is 1.98 bits per heavy atom. The third-order valence-corrected chi connectivity index (χ3v) is 10.1. The fraction of sp³-hybridized carbons (Fsp3) is 0. The molecule has 0 spiro atoms. The lowest BCUT2D eigenvalue weighted by molar-refractivity contribution is 0.673. The van der Waals surface area contributed by atoms with E-state index >= 15 is 0 Å². The van der Waals surface area contributed by atoms with Crippen LogP contribution in [0.15, 0.2) is 144 Å². The van der Waals surface area contributed by atoms with Crippen LogP contribution in [0.3, 0.4) is 0 Å². The summed E-state index contributed by atoms with van der Waals surface area (Å²) in [4.78, 5) is 15.3. The van der Waals surface area contributed by atoms with Gasteiger partial charge in [0.25, 0.3) is 0 Å². The van der Waals surface area contributed by atoms with Crippen LogP contribution in [0, 0.1) is 0 Å². The number of aromatic nitrogens is 3. The van der Waals surface area contributed by atoms with Crippen molar-refractivity contribution >= 4 is 75.0 Å². The summed E-state index contributed by atoms with van der Waals surface area (Å²) in [5.74, 6) is 1.90. The SMILES string of the molecule is c1ccc(-c2nc(-c3ccc4c(c3)oc3c5ccccc5ccc43)nc(-c3cccc4sc5c6ccccc6ccc5c34)n2)cc1. The largest absolute Gasteiger partial charge is 0.455 e. The van der Waals surface area contributed by atoms with Gasteiger partial charge in [0.2, 0.25) is 0 Å². The first-order chi connectivity index (χ1) is 22.8. The highest BCUT2D eigenvalue weighted by Crippen LogP contribution is 2.43. The lowest BCUT2D eigenvalue weighted by Crippen LogP contribution is -2.00. The molecule has 4 nitrogen and oxygen atoms in total. The minimum atomic E-state index is 0.609. The second-order valence-electron chi connectivity index (χ2n) is 11.6. The fourth-order valence-corrected chi connectivity index (χ4v) is 7.99. The maximum Gasteiger partial charge on any atom is 0.164 e. The molecule has 7 aromatic carbocycles. The molecule has 0 saturated heterocycles. The zero-order valence-corrected chi connectivity index (χ0v) is 25.3. The number of fused-ring (bicyclic) bond motifs is 10. The van der Waals surface area contributed by atoms with E-state index in [1.54, 1.807) is 0 Å². The maximum absolute atomic E-state index is 6.52. The van der Waals surface area contributed by atoms with E-state index in [1.807, 2.05) is 41.7 Å². The van der Waals surface area contributed by atoms with Crippen LogP contribution in [-0.2, 0) is 0 Å². The Kier molecular flexibility index (Phi) is 5.41. The van der Waals surface area contributed by atoms with Gasteiger partial charge in [-0.2, -0.15) is 0 Å². The minimum Gasteiger partial charge on any atom is -0.455 e. The molecule has 3 heterocycles. The summed E-state index contributed by atoms with van der Waals surface area (Å²) in [7, 11) is 0. The number of furan rings is 1. The minimum absolute atomic E-state index is 0.609. The van der Waals surface area contributed by atoms with Gasteiger partial charge in [0.1, 0.15) is 11.2 Å². The van der Waals surface area contributed by atoms with Gasteiger partial charge in [-0.15, -0.1) is 11.3 Å². The summed E-state index contributed by atoms with van der Waals surface area (Å²) < 4.78 is 9.01. The van der Waals surface area contributed by atoms with Crippen molar-refractivity contribution in [2.75, 3.05) is 0 Å². The molecule has 214 valence electrons. The zero-order chi connectivity index (χ0) is 30.2. The van der Waals surface area contributed by atoms with Gasteiger partial charge >= 0.3 is 0 Å². The predicted molar refractivity (Wildman–Crippen MR) is 191 cm³/mol. The predicted octanol–water partition coefficient (Wildman–Crippen LogP) is 11.4. The van der Waals surface area contributed by atoms with E-state index in [-0.39, 0.29) is 0 Å². The van der Waals surface area contributed by atoms with Crippen molar-refractivity contribution in [3.05, 3.63) is 140 Å². The molecular weight excluding hydrogens is 583 g/mol. The summed E-state index contributed by atoms with van der Waals surface area (Å²) in [6.45, 7) is 0. The van der Waals surface area contributed by atoms with Gasteiger partial charge in [-0.05, 0) is 40.4 Å². The van der Waals surface area contributed by atoms with Crippen LogP contribution < -0.4 is 0 Å². The quantitative estimate of drug-likeness (QED) is 0.201. The Hall–Kier alpha value is -5.91. The third-order valence-electron chi connectivity index (χ3n) is 8.92. The highest BCUT2D eigenvalue weighted by Gasteiger charge is 2.19. The molecule has 0 unspecified atom stereocenters. The smallest absolute Gasteiger partial charge is 0.164 e. The van der Waals surface area contributed by atoms with Crippen LogP contribution in [-0.4, -0.2) is 15.0 Å². The van der Waals surface area contributed by atoms with Crippen molar-refractivity contribution in [1.82, 2.24) is 15.0 Å². The Balaban J connectivity index is 1.21. The molecule has 0 saturated carbocycles. The molecule has 0 fully saturated rings. The van der Waals surface area contributed by atoms with Crippen LogP contribution in [0.25, 0.3) is 97.8 Å². The lowest BCUT2D eigenvalue weighted by atomic mass is 10.0. The van der Waals surface area contributed by atoms with Gasteiger partial charge in [-0.25, -0.2) is 15.0 Å². The average Bonchev–Trinajstić information content (AvgIpc) is 3.70. The highest BCUT2D eigenvalue weighted by atomic mass is 32.1. The van der Waals surface area contributed by atoms with Crippen LogP contribution in [0.5, 0.6) is 0 Å². The van der Waals surface area contributed by atoms with Crippen molar-refractivity contribution in [2.24, 2.45) is 0 Å². The molecule has 0 amide bonds. The normalized spacial score (nSPS) is 11.9. The van der Waals surface area contributed by atoms with E-state index in [4.69, 9.17) is 19.4 Å². The van der Waals surface area contributed by atoms with Crippen molar-refractivity contribution in [3.8, 4) is 34.2 Å². The van der Waals surface area contributed by atoms with Gasteiger partial charge in [-0.1, -0.05) is 115 Å². The number of hydrogen-bond donors (Lipinski definition) is 0. The van der Waals surface area contributed by atoms with Crippen LogP contribution in [0.2, 0.25) is 0 Å². The van der Waals surface area contributed by atoms with Crippen LogP contribution in [0.1, 0.15) is 0 Å². The van der Waals surface area contributed by atoms with E-state index in [0.29, 0.717) is 17.5 Å². The molecule has 0 aliphatic rings. The first kappa shape index (κ1) is 25.4. The molecule has 0 N–H and O–H groups in total. The monoisotopic (exact) mass is 605 g/mol. The van der Waals surface area contributed by atoms with Crippen LogP contribution >= 0.6 is 11.3 Å². The van der Waals surface area contributed by atoms with E-state index in [2.05, 4.69) is 109 Å². The molecule has 0 radical (unpaired) electrons. The molecule has 10 rings (SSSR count). The van der Waals surface area contributed by atoms with Crippen LogP contribution in [0.4, 0.5) is 0 Å². The van der Waals surface area contributed by atoms with Crippen molar-refractivity contribution in [3.63, 3.8) is 0 Å². The lowest BCUT2D eigenvalue weighted by Gasteiger charge is -2.09. The van der Waals surface area contributed by atoms with Crippen molar-refractivity contribution in [2.45, 2.75) is 0 Å². The first-order valence-corrected chi connectivity index (χ1v) is 16.1. The molecule has 10 aromatic rings. The molecule has 0 atom stereocenters. The van der Waals surface area contributed by atoms with Gasteiger partial charge in [0, 0.05) is 53.0 Å². The molecule has 3 aromatic heterocycles.